The molecular weight excluding hydrogens is 340 g/mol. The topological polar surface area (TPSA) is 55.9 Å². The Kier molecular flexibility index (Phi) is 5.21. The number of halogens is 2. The number of hydrogen-bond acceptors (Lipinski definition) is 3. The van der Waals surface area contributed by atoms with Crippen LogP contribution in [0, 0.1) is 0 Å². The first-order valence-corrected chi connectivity index (χ1v) is 7.64. The Bertz CT molecular complexity index is 582. The second-order valence-electron chi connectivity index (χ2n) is 4.93. The summed E-state index contributed by atoms with van der Waals surface area (Å²) in [6, 6.07) is 8.22. The van der Waals surface area contributed by atoms with Gasteiger partial charge < -0.3 is 0 Å². The van der Waals surface area contributed by atoms with Gasteiger partial charge in [-0.15, -0.1) is 0 Å². The van der Waals surface area contributed by atoms with Crippen LogP contribution in [-0.4, -0.2) is 9.78 Å². The van der Waals surface area contributed by atoms with Gasteiger partial charge in [-0.1, -0.05) is 45.7 Å². The molecular formula is C14H18BrClN4. The maximum Gasteiger partial charge on any atom is 0.0834 e. The number of benzene rings is 1. The summed E-state index contributed by atoms with van der Waals surface area (Å²) in [5, 5.41) is 4.96. The van der Waals surface area contributed by atoms with Crippen molar-refractivity contribution in [3.05, 3.63) is 51.2 Å². The molecule has 6 heteroatoms. The molecule has 1 aromatic heterocycles. The minimum atomic E-state index is -0.0916. The van der Waals surface area contributed by atoms with Crippen molar-refractivity contribution in [3.63, 3.8) is 0 Å². The standard InChI is InChI=1S/C14H18BrClN4/c1-9(2)20-14(12(16)8-18-20)13(19-17)7-10-5-3-4-6-11(10)15/h3-6,8-9,13,19H,7,17H2,1-2H3. The first-order chi connectivity index (χ1) is 9.54. The van der Waals surface area contributed by atoms with Gasteiger partial charge in [0.05, 0.1) is 23.0 Å². The van der Waals surface area contributed by atoms with Gasteiger partial charge in [-0.25, -0.2) is 0 Å². The molecule has 1 atom stereocenters. The van der Waals surface area contributed by atoms with Crippen LogP contribution in [0.5, 0.6) is 0 Å². The van der Waals surface area contributed by atoms with Gasteiger partial charge in [-0.2, -0.15) is 5.10 Å². The van der Waals surface area contributed by atoms with Crippen LogP contribution in [0.15, 0.2) is 34.9 Å². The Labute approximate surface area is 132 Å². The van der Waals surface area contributed by atoms with Crippen molar-refractivity contribution < 1.29 is 0 Å². The number of nitrogens with two attached hydrogens (primary N) is 1. The van der Waals surface area contributed by atoms with E-state index in [1.807, 2.05) is 22.9 Å². The third-order valence-corrected chi connectivity index (χ3v) is 4.25. The van der Waals surface area contributed by atoms with Crippen LogP contribution in [0.25, 0.3) is 0 Å². The van der Waals surface area contributed by atoms with E-state index in [0.717, 1.165) is 16.6 Å². The number of aromatic nitrogens is 2. The summed E-state index contributed by atoms with van der Waals surface area (Å²) in [5.41, 5.74) is 4.94. The van der Waals surface area contributed by atoms with E-state index < -0.39 is 0 Å². The molecule has 20 heavy (non-hydrogen) atoms. The number of rotatable bonds is 5. The second kappa shape index (κ2) is 6.72. The fourth-order valence-corrected chi connectivity index (χ4v) is 2.92. The van der Waals surface area contributed by atoms with Gasteiger partial charge in [0.15, 0.2) is 0 Å². The molecule has 108 valence electrons. The van der Waals surface area contributed by atoms with Crippen LogP contribution in [0.3, 0.4) is 0 Å². The van der Waals surface area contributed by atoms with Crippen molar-refractivity contribution >= 4 is 27.5 Å². The smallest absolute Gasteiger partial charge is 0.0834 e. The lowest BCUT2D eigenvalue weighted by atomic mass is 10.0. The number of nitrogens with one attached hydrogen (secondary N) is 1. The predicted molar refractivity (Wildman–Crippen MR) is 85.5 cm³/mol. The summed E-state index contributed by atoms with van der Waals surface area (Å²) in [7, 11) is 0. The largest absolute Gasteiger partial charge is 0.271 e. The van der Waals surface area contributed by atoms with Gasteiger partial charge in [0, 0.05) is 10.5 Å². The highest BCUT2D eigenvalue weighted by Gasteiger charge is 2.21. The van der Waals surface area contributed by atoms with Gasteiger partial charge >= 0.3 is 0 Å². The van der Waals surface area contributed by atoms with Gasteiger partial charge in [0.25, 0.3) is 0 Å². The van der Waals surface area contributed by atoms with Crippen LogP contribution in [0.1, 0.15) is 37.2 Å². The summed E-state index contributed by atoms with van der Waals surface area (Å²) >= 11 is 9.84. The average Bonchev–Trinajstić information content (AvgIpc) is 2.80. The highest BCUT2D eigenvalue weighted by molar-refractivity contribution is 9.10. The first-order valence-electron chi connectivity index (χ1n) is 6.47. The zero-order valence-electron chi connectivity index (χ0n) is 11.5. The molecule has 0 bridgehead atoms. The fourth-order valence-electron chi connectivity index (χ4n) is 2.21. The molecule has 1 aromatic carbocycles. The van der Waals surface area contributed by atoms with Crippen molar-refractivity contribution in [2.75, 3.05) is 0 Å². The molecule has 4 nitrogen and oxygen atoms in total. The minimum absolute atomic E-state index is 0.0916. The third kappa shape index (κ3) is 3.23. The van der Waals surface area contributed by atoms with E-state index in [2.05, 4.69) is 46.4 Å². The van der Waals surface area contributed by atoms with Crippen molar-refractivity contribution in [1.82, 2.24) is 15.2 Å². The van der Waals surface area contributed by atoms with E-state index in [-0.39, 0.29) is 12.1 Å². The van der Waals surface area contributed by atoms with E-state index in [1.54, 1.807) is 6.20 Å². The minimum Gasteiger partial charge on any atom is -0.271 e. The molecule has 0 radical (unpaired) electrons. The van der Waals surface area contributed by atoms with Gasteiger partial charge in [-0.3, -0.25) is 16.0 Å². The van der Waals surface area contributed by atoms with Crippen LogP contribution < -0.4 is 11.3 Å². The molecule has 3 N–H and O–H groups in total. The molecule has 0 aliphatic rings. The zero-order valence-corrected chi connectivity index (χ0v) is 13.8. The van der Waals surface area contributed by atoms with E-state index in [0.29, 0.717) is 5.02 Å². The van der Waals surface area contributed by atoms with Gasteiger partial charge in [0.1, 0.15) is 0 Å². The molecule has 2 rings (SSSR count). The van der Waals surface area contributed by atoms with E-state index in [4.69, 9.17) is 17.4 Å². The normalized spacial score (nSPS) is 12.9. The molecule has 1 unspecified atom stereocenters. The predicted octanol–water partition coefficient (Wildman–Crippen LogP) is 3.63. The Balaban J connectivity index is 2.34. The highest BCUT2D eigenvalue weighted by atomic mass is 79.9. The van der Waals surface area contributed by atoms with Crippen LogP contribution in [-0.2, 0) is 6.42 Å². The van der Waals surface area contributed by atoms with Crippen LogP contribution >= 0.6 is 27.5 Å². The molecule has 0 aliphatic carbocycles. The average molecular weight is 358 g/mol. The SMILES string of the molecule is CC(C)n1ncc(Cl)c1C(Cc1ccccc1Br)NN. The van der Waals surface area contributed by atoms with Crippen LogP contribution in [0.4, 0.5) is 0 Å². The van der Waals surface area contributed by atoms with Crippen molar-refractivity contribution in [1.29, 1.82) is 0 Å². The number of hydrogen-bond donors (Lipinski definition) is 2. The lowest BCUT2D eigenvalue weighted by molar-refractivity contribution is 0.447. The lowest BCUT2D eigenvalue weighted by Crippen LogP contribution is -2.32. The Hall–Kier alpha value is -0.880. The van der Waals surface area contributed by atoms with E-state index in [9.17, 15) is 0 Å². The molecule has 2 aromatic rings. The summed E-state index contributed by atoms with van der Waals surface area (Å²) in [5.74, 6) is 5.73. The lowest BCUT2D eigenvalue weighted by Gasteiger charge is -2.21. The molecule has 0 amide bonds. The van der Waals surface area contributed by atoms with Crippen molar-refractivity contribution in [2.24, 2.45) is 5.84 Å². The Morgan fingerprint density at radius 2 is 2.10 bits per heavy atom. The highest BCUT2D eigenvalue weighted by Crippen LogP contribution is 2.29. The van der Waals surface area contributed by atoms with Crippen molar-refractivity contribution in [2.45, 2.75) is 32.4 Å². The second-order valence-corrected chi connectivity index (χ2v) is 6.19. The monoisotopic (exact) mass is 356 g/mol. The first kappa shape index (κ1) is 15.5. The number of nitrogens with zero attached hydrogens (tertiary/aromatic N) is 2. The van der Waals surface area contributed by atoms with E-state index in [1.165, 1.54) is 5.56 Å². The summed E-state index contributed by atoms with van der Waals surface area (Å²) in [6.45, 7) is 4.14. The Morgan fingerprint density at radius 1 is 1.40 bits per heavy atom. The third-order valence-electron chi connectivity index (χ3n) is 3.19. The molecule has 0 spiro atoms. The van der Waals surface area contributed by atoms with E-state index >= 15 is 0 Å². The van der Waals surface area contributed by atoms with Gasteiger partial charge in [-0.05, 0) is 31.9 Å². The maximum absolute atomic E-state index is 6.28. The molecule has 1 heterocycles. The molecule has 0 fully saturated rings. The quantitative estimate of drug-likeness (QED) is 0.634. The molecule has 0 saturated carbocycles. The summed E-state index contributed by atoms with van der Waals surface area (Å²) < 4.78 is 2.97. The van der Waals surface area contributed by atoms with Crippen molar-refractivity contribution in [3.8, 4) is 0 Å². The maximum atomic E-state index is 6.28. The zero-order chi connectivity index (χ0) is 14.7. The Morgan fingerprint density at radius 3 is 2.70 bits per heavy atom. The fraction of sp³-hybridized carbons (Fsp3) is 0.357. The molecule has 0 saturated heterocycles. The molecule has 0 aliphatic heterocycles. The van der Waals surface area contributed by atoms with Crippen LogP contribution in [0.2, 0.25) is 5.02 Å². The number of hydrazine groups is 1. The summed E-state index contributed by atoms with van der Waals surface area (Å²) in [6.07, 6.45) is 2.40. The van der Waals surface area contributed by atoms with Gasteiger partial charge in [0.2, 0.25) is 0 Å². The summed E-state index contributed by atoms with van der Waals surface area (Å²) in [4.78, 5) is 0.